The van der Waals surface area contributed by atoms with Crippen molar-refractivity contribution >= 4 is 5.97 Å². The summed E-state index contributed by atoms with van der Waals surface area (Å²) in [6, 6.07) is 0. The summed E-state index contributed by atoms with van der Waals surface area (Å²) in [7, 11) is 3.11. The maximum atomic E-state index is 10.7. The van der Waals surface area contributed by atoms with Crippen molar-refractivity contribution < 1.29 is 14.6 Å². The first-order valence-electron chi connectivity index (χ1n) is 4.04. The van der Waals surface area contributed by atoms with Gasteiger partial charge in [-0.15, -0.1) is 0 Å². The standard InChI is InChI=1S/C9H17NO3/c1-9(2,7-11)10(3)6-5-8(12)13-4/h5-6,11H,7H2,1-4H3/b6-5+. The summed E-state index contributed by atoms with van der Waals surface area (Å²) in [5, 5.41) is 9.00. The summed E-state index contributed by atoms with van der Waals surface area (Å²) >= 11 is 0. The molecule has 0 aliphatic heterocycles. The quantitative estimate of drug-likeness (QED) is 0.510. The van der Waals surface area contributed by atoms with E-state index in [0.29, 0.717) is 0 Å². The summed E-state index contributed by atoms with van der Waals surface area (Å²) in [6.45, 7) is 3.76. The molecule has 4 heteroatoms. The van der Waals surface area contributed by atoms with Gasteiger partial charge < -0.3 is 14.7 Å². The summed E-state index contributed by atoms with van der Waals surface area (Å²) in [6.07, 6.45) is 2.90. The van der Waals surface area contributed by atoms with Gasteiger partial charge in [0.15, 0.2) is 0 Å². The smallest absolute Gasteiger partial charge is 0.331 e. The van der Waals surface area contributed by atoms with Crippen LogP contribution in [-0.4, -0.2) is 42.3 Å². The number of aliphatic hydroxyl groups excluding tert-OH is 1. The molecule has 13 heavy (non-hydrogen) atoms. The van der Waals surface area contributed by atoms with E-state index in [0.717, 1.165) is 0 Å². The fourth-order valence-corrected chi connectivity index (χ4v) is 0.554. The summed E-state index contributed by atoms with van der Waals surface area (Å²) in [4.78, 5) is 12.5. The molecule has 0 aromatic heterocycles. The predicted octanol–water partition coefficient (Wildman–Crippen LogP) is 0.376. The highest BCUT2D eigenvalue weighted by Crippen LogP contribution is 2.10. The minimum Gasteiger partial charge on any atom is -0.466 e. The number of hydrogen-bond donors (Lipinski definition) is 1. The van der Waals surface area contributed by atoms with Gasteiger partial charge in [-0.3, -0.25) is 0 Å². The molecule has 0 saturated heterocycles. The van der Waals surface area contributed by atoms with Gasteiger partial charge in [0.1, 0.15) is 0 Å². The van der Waals surface area contributed by atoms with Gasteiger partial charge >= 0.3 is 5.97 Å². The first-order chi connectivity index (χ1) is 5.94. The van der Waals surface area contributed by atoms with Crippen LogP contribution in [0.5, 0.6) is 0 Å². The normalized spacial score (nSPS) is 11.8. The third-order valence-corrected chi connectivity index (χ3v) is 1.98. The van der Waals surface area contributed by atoms with Crippen LogP contribution in [0.4, 0.5) is 0 Å². The number of ether oxygens (including phenoxy) is 1. The molecule has 1 N–H and O–H groups in total. The van der Waals surface area contributed by atoms with E-state index in [2.05, 4.69) is 4.74 Å². The van der Waals surface area contributed by atoms with E-state index < -0.39 is 5.97 Å². The second kappa shape index (κ2) is 4.87. The lowest BCUT2D eigenvalue weighted by Gasteiger charge is -2.32. The number of carbonyl (C=O) groups excluding carboxylic acids is 1. The highest BCUT2D eigenvalue weighted by Gasteiger charge is 2.19. The van der Waals surface area contributed by atoms with Crippen molar-refractivity contribution in [2.24, 2.45) is 0 Å². The van der Waals surface area contributed by atoms with Crippen molar-refractivity contribution in [1.82, 2.24) is 4.90 Å². The molecular formula is C9H17NO3. The van der Waals surface area contributed by atoms with E-state index in [9.17, 15) is 4.79 Å². The first kappa shape index (κ1) is 12.0. The van der Waals surface area contributed by atoms with E-state index >= 15 is 0 Å². The van der Waals surface area contributed by atoms with Crippen LogP contribution in [0.1, 0.15) is 13.8 Å². The van der Waals surface area contributed by atoms with Gasteiger partial charge in [-0.1, -0.05) is 0 Å². The van der Waals surface area contributed by atoms with Crippen molar-refractivity contribution in [2.75, 3.05) is 20.8 Å². The molecule has 0 saturated carbocycles. The Hall–Kier alpha value is -1.03. The fraction of sp³-hybridized carbons (Fsp3) is 0.667. The molecule has 0 radical (unpaired) electrons. The Balaban J connectivity index is 4.21. The third kappa shape index (κ3) is 3.94. The van der Waals surface area contributed by atoms with Crippen molar-refractivity contribution in [3.8, 4) is 0 Å². The van der Waals surface area contributed by atoms with Crippen LogP contribution in [0.3, 0.4) is 0 Å². The van der Waals surface area contributed by atoms with Crippen LogP contribution in [0.15, 0.2) is 12.3 Å². The van der Waals surface area contributed by atoms with Crippen molar-refractivity contribution in [3.63, 3.8) is 0 Å². The predicted molar refractivity (Wildman–Crippen MR) is 50.1 cm³/mol. The Morgan fingerprint density at radius 2 is 2.15 bits per heavy atom. The maximum absolute atomic E-state index is 10.7. The molecule has 0 rings (SSSR count). The number of likely N-dealkylation sites (N-methyl/N-ethyl adjacent to an activating group) is 1. The zero-order valence-electron chi connectivity index (χ0n) is 8.57. The van der Waals surface area contributed by atoms with Crippen LogP contribution in [0, 0.1) is 0 Å². The van der Waals surface area contributed by atoms with E-state index in [1.54, 1.807) is 18.1 Å². The van der Waals surface area contributed by atoms with Gasteiger partial charge in [0, 0.05) is 19.3 Å². The van der Waals surface area contributed by atoms with Gasteiger partial charge in [-0.2, -0.15) is 0 Å². The van der Waals surface area contributed by atoms with Crippen molar-refractivity contribution in [2.45, 2.75) is 19.4 Å². The zero-order valence-corrected chi connectivity index (χ0v) is 8.57. The van der Waals surface area contributed by atoms with E-state index in [-0.39, 0.29) is 12.1 Å². The van der Waals surface area contributed by atoms with Crippen LogP contribution in [0.25, 0.3) is 0 Å². The van der Waals surface area contributed by atoms with Crippen molar-refractivity contribution in [1.29, 1.82) is 0 Å². The lowest BCUT2D eigenvalue weighted by atomic mass is 10.1. The van der Waals surface area contributed by atoms with Crippen LogP contribution < -0.4 is 0 Å². The molecule has 0 aromatic rings. The Morgan fingerprint density at radius 3 is 2.54 bits per heavy atom. The number of carbonyl (C=O) groups is 1. The minimum absolute atomic E-state index is 0.0228. The van der Waals surface area contributed by atoms with Gasteiger partial charge in [0.05, 0.1) is 19.3 Å². The lowest BCUT2D eigenvalue weighted by Crippen LogP contribution is -2.40. The van der Waals surface area contributed by atoms with Crippen molar-refractivity contribution in [3.05, 3.63) is 12.3 Å². The topological polar surface area (TPSA) is 49.8 Å². The highest BCUT2D eigenvalue weighted by atomic mass is 16.5. The molecule has 0 aliphatic rings. The van der Waals surface area contributed by atoms with Gasteiger partial charge in [0.25, 0.3) is 0 Å². The molecule has 4 nitrogen and oxygen atoms in total. The molecule has 0 heterocycles. The van der Waals surface area contributed by atoms with E-state index in [4.69, 9.17) is 5.11 Å². The number of esters is 1. The number of hydrogen-bond acceptors (Lipinski definition) is 4. The number of nitrogens with zero attached hydrogens (tertiary/aromatic N) is 1. The first-order valence-corrected chi connectivity index (χ1v) is 4.04. The highest BCUT2D eigenvalue weighted by molar-refractivity contribution is 5.81. The number of aliphatic hydroxyl groups is 1. The monoisotopic (exact) mass is 187 g/mol. The molecule has 0 amide bonds. The van der Waals surface area contributed by atoms with Gasteiger partial charge in [0.2, 0.25) is 0 Å². The molecule has 0 aliphatic carbocycles. The molecule has 0 fully saturated rings. The Morgan fingerprint density at radius 1 is 1.62 bits per heavy atom. The molecule has 0 spiro atoms. The average Bonchev–Trinajstić information content (AvgIpc) is 2.13. The molecule has 0 bridgehead atoms. The van der Waals surface area contributed by atoms with Crippen LogP contribution in [0.2, 0.25) is 0 Å². The summed E-state index contributed by atoms with van der Waals surface area (Å²) in [5.41, 5.74) is -0.371. The third-order valence-electron chi connectivity index (χ3n) is 1.98. The Bertz CT molecular complexity index is 199. The van der Waals surface area contributed by atoms with E-state index in [1.807, 2.05) is 13.8 Å². The Kier molecular flexibility index (Phi) is 4.48. The van der Waals surface area contributed by atoms with Crippen LogP contribution >= 0.6 is 0 Å². The zero-order chi connectivity index (χ0) is 10.5. The van der Waals surface area contributed by atoms with Crippen LogP contribution in [-0.2, 0) is 9.53 Å². The molecule has 0 atom stereocenters. The molecule has 0 aromatic carbocycles. The second-order valence-corrected chi connectivity index (χ2v) is 3.42. The SMILES string of the molecule is COC(=O)/C=C/N(C)C(C)(C)CO. The molecule has 0 unspecified atom stereocenters. The van der Waals surface area contributed by atoms with Gasteiger partial charge in [-0.25, -0.2) is 4.79 Å². The summed E-state index contributed by atoms with van der Waals surface area (Å²) in [5.74, 6) is -0.402. The Labute approximate surface area is 78.8 Å². The minimum atomic E-state index is -0.402. The molecular weight excluding hydrogens is 170 g/mol. The lowest BCUT2D eigenvalue weighted by molar-refractivity contribution is -0.134. The van der Waals surface area contributed by atoms with Gasteiger partial charge in [-0.05, 0) is 13.8 Å². The largest absolute Gasteiger partial charge is 0.466 e. The summed E-state index contributed by atoms with van der Waals surface area (Å²) < 4.78 is 4.43. The average molecular weight is 187 g/mol. The van der Waals surface area contributed by atoms with E-state index in [1.165, 1.54) is 13.2 Å². The fourth-order valence-electron chi connectivity index (χ4n) is 0.554. The second-order valence-electron chi connectivity index (χ2n) is 3.42. The number of rotatable bonds is 4. The number of methoxy groups -OCH3 is 1. The maximum Gasteiger partial charge on any atom is 0.331 e. The molecule has 76 valence electrons.